The van der Waals surface area contributed by atoms with E-state index in [1.165, 1.54) is 51.4 Å². The summed E-state index contributed by atoms with van der Waals surface area (Å²) in [6, 6.07) is 1.37. The van der Waals surface area contributed by atoms with Crippen molar-refractivity contribution in [1.82, 2.24) is 10.2 Å². The molecule has 0 amide bonds. The van der Waals surface area contributed by atoms with E-state index in [0.717, 1.165) is 25.3 Å². The van der Waals surface area contributed by atoms with Crippen LogP contribution < -0.4 is 5.32 Å². The normalized spacial score (nSPS) is 37.4. The van der Waals surface area contributed by atoms with Crippen LogP contribution in [0.25, 0.3) is 0 Å². The van der Waals surface area contributed by atoms with Crippen LogP contribution in [0.5, 0.6) is 0 Å². The van der Waals surface area contributed by atoms with E-state index >= 15 is 0 Å². The van der Waals surface area contributed by atoms with E-state index in [9.17, 15) is 0 Å². The van der Waals surface area contributed by atoms with Crippen molar-refractivity contribution in [3.05, 3.63) is 0 Å². The molecule has 5 nitrogen and oxygen atoms in total. The monoisotopic (exact) mass is 338 g/mol. The molecule has 0 radical (unpaired) electrons. The molecule has 2 aliphatic carbocycles. The number of nitrogens with zero attached hydrogens (tertiary/aromatic N) is 1. The summed E-state index contributed by atoms with van der Waals surface area (Å²) >= 11 is 0. The van der Waals surface area contributed by atoms with E-state index in [1.54, 1.807) is 0 Å². The van der Waals surface area contributed by atoms with Gasteiger partial charge in [-0.15, -0.1) is 0 Å². The summed E-state index contributed by atoms with van der Waals surface area (Å²) in [6.45, 7) is 1.09. The van der Waals surface area contributed by atoms with Crippen molar-refractivity contribution in [3.63, 3.8) is 0 Å². The number of methoxy groups -OCH3 is 1. The maximum atomic E-state index is 9.05. The van der Waals surface area contributed by atoms with Crippen molar-refractivity contribution in [1.29, 1.82) is 0 Å². The SMILES string of the molecule is COC1CCC(C2NC3CCCCC3N2CCCCB(O)O)CC1. The van der Waals surface area contributed by atoms with Gasteiger partial charge in [0.05, 0.1) is 12.3 Å². The van der Waals surface area contributed by atoms with Crippen LogP contribution in [0.15, 0.2) is 0 Å². The maximum Gasteiger partial charge on any atom is 0.451 e. The van der Waals surface area contributed by atoms with Crippen LogP contribution in [0.1, 0.15) is 64.2 Å². The largest absolute Gasteiger partial charge is 0.451 e. The molecule has 3 fully saturated rings. The lowest BCUT2D eigenvalue weighted by Gasteiger charge is -2.38. The van der Waals surface area contributed by atoms with Gasteiger partial charge in [-0.3, -0.25) is 10.2 Å². The third-order valence-corrected chi connectivity index (χ3v) is 6.52. The van der Waals surface area contributed by atoms with Crippen molar-refractivity contribution in [3.8, 4) is 0 Å². The number of fused-ring (bicyclic) bond motifs is 1. The summed E-state index contributed by atoms with van der Waals surface area (Å²) in [6.07, 6.45) is 13.7. The first-order chi connectivity index (χ1) is 11.7. The molecule has 0 aromatic carbocycles. The fourth-order valence-electron chi connectivity index (χ4n) is 5.20. The maximum absolute atomic E-state index is 9.05. The van der Waals surface area contributed by atoms with Crippen molar-refractivity contribution in [2.75, 3.05) is 13.7 Å². The van der Waals surface area contributed by atoms with Crippen LogP contribution in [0, 0.1) is 5.92 Å². The topological polar surface area (TPSA) is 65.0 Å². The smallest absolute Gasteiger partial charge is 0.427 e. The Morgan fingerprint density at radius 2 is 1.79 bits per heavy atom. The van der Waals surface area contributed by atoms with E-state index in [-0.39, 0.29) is 0 Å². The van der Waals surface area contributed by atoms with Crippen LogP contribution in [0.4, 0.5) is 0 Å². The number of unbranched alkanes of at least 4 members (excludes halogenated alkanes) is 1. The molecule has 0 aromatic heterocycles. The lowest BCUT2D eigenvalue weighted by Crippen LogP contribution is -2.46. The van der Waals surface area contributed by atoms with E-state index in [1.807, 2.05) is 7.11 Å². The molecular weight excluding hydrogens is 303 g/mol. The third-order valence-electron chi connectivity index (χ3n) is 6.52. The number of nitrogens with one attached hydrogen (secondary N) is 1. The molecular formula is C18H35BN2O3. The molecule has 2 saturated carbocycles. The highest BCUT2D eigenvalue weighted by atomic mass is 16.5. The Bertz CT molecular complexity index is 377. The van der Waals surface area contributed by atoms with E-state index < -0.39 is 7.12 Å². The third kappa shape index (κ3) is 4.53. The Labute approximate surface area is 147 Å². The van der Waals surface area contributed by atoms with Gasteiger partial charge >= 0.3 is 7.12 Å². The van der Waals surface area contributed by atoms with Crippen LogP contribution in [-0.4, -0.2) is 60.1 Å². The molecule has 24 heavy (non-hydrogen) atoms. The molecule has 1 heterocycles. The minimum absolute atomic E-state index is 0.462. The molecule has 0 bridgehead atoms. The Morgan fingerprint density at radius 3 is 2.50 bits per heavy atom. The van der Waals surface area contributed by atoms with Gasteiger partial charge in [0, 0.05) is 19.2 Å². The lowest BCUT2D eigenvalue weighted by atomic mass is 9.83. The molecule has 1 saturated heterocycles. The van der Waals surface area contributed by atoms with E-state index in [4.69, 9.17) is 14.8 Å². The van der Waals surface area contributed by atoms with Gasteiger partial charge in [0.25, 0.3) is 0 Å². The minimum atomic E-state index is -1.15. The van der Waals surface area contributed by atoms with E-state index in [0.29, 0.717) is 30.7 Å². The van der Waals surface area contributed by atoms with E-state index in [2.05, 4.69) is 10.2 Å². The second kappa shape index (κ2) is 8.99. The quantitative estimate of drug-likeness (QED) is 0.489. The fraction of sp³-hybridized carbons (Fsp3) is 1.00. The molecule has 3 rings (SSSR count). The van der Waals surface area contributed by atoms with Crippen molar-refractivity contribution in [2.45, 2.75) is 94.9 Å². The first-order valence-corrected chi connectivity index (χ1v) is 10.1. The summed E-state index contributed by atoms with van der Waals surface area (Å²) in [5.74, 6) is 0.741. The van der Waals surface area contributed by atoms with Gasteiger partial charge in [-0.25, -0.2) is 0 Å². The highest BCUT2D eigenvalue weighted by Crippen LogP contribution is 2.37. The van der Waals surface area contributed by atoms with Crippen LogP contribution in [-0.2, 0) is 4.74 Å². The Hall–Kier alpha value is -0.135. The van der Waals surface area contributed by atoms with Crippen molar-refractivity contribution < 1.29 is 14.8 Å². The van der Waals surface area contributed by atoms with Gasteiger partial charge in [-0.2, -0.15) is 0 Å². The highest BCUT2D eigenvalue weighted by molar-refractivity contribution is 6.40. The zero-order valence-electron chi connectivity index (χ0n) is 15.2. The summed E-state index contributed by atoms with van der Waals surface area (Å²) in [5.41, 5.74) is 0. The first-order valence-electron chi connectivity index (χ1n) is 10.1. The first kappa shape index (κ1) is 18.6. The molecule has 3 aliphatic rings. The molecule has 138 valence electrons. The molecule has 0 aromatic rings. The highest BCUT2D eigenvalue weighted by Gasteiger charge is 2.44. The Balaban J connectivity index is 1.57. The fourth-order valence-corrected chi connectivity index (χ4v) is 5.20. The Kier molecular flexibility index (Phi) is 6.99. The number of ether oxygens (including phenoxy) is 1. The number of hydrogen-bond acceptors (Lipinski definition) is 5. The summed E-state index contributed by atoms with van der Waals surface area (Å²) in [5, 5.41) is 22.1. The summed E-state index contributed by atoms with van der Waals surface area (Å²) in [4.78, 5) is 2.74. The summed E-state index contributed by atoms with van der Waals surface area (Å²) < 4.78 is 5.54. The summed E-state index contributed by atoms with van der Waals surface area (Å²) in [7, 11) is 0.694. The average molecular weight is 338 g/mol. The predicted octanol–water partition coefficient (Wildman–Crippen LogP) is 1.99. The van der Waals surface area contributed by atoms with Crippen molar-refractivity contribution >= 4 is 7.12 Å². The standard InChI is InChI=1S/C18H35BN2O3/c1-24-15-10-8-14(9-11-15)18-20-16-6-2-3-7-17(16)21(18)13-5-4-12-19(22)23/h14-18,20,22-23H,2-13H2,1H3. The molecule has 1 aliphatic heterocycles. The average Bonchev–Trinajstić information content (AvgIpc) is 2.97. The lowest BCUT2D eigenvalue weighted by molar-refractivity contribution is 0.0311. The van der Waals surface area contributed by atoms with Crippen LogP contribution in [0.3, 0.4) is 0 Å². The van der Waals surface area contributed by atoms with Gasteiger partial charge in [0.1, 0.15) is 0 Å². The van der Waals surface area contributed by atoms with Gasteiger partial charge in [0.2, 0.25) is 0 Å². The van der Waals surface area contributed by atoms with Crippen LogP contribution in [0.2, 0.25) is 6.32 Å². The predicted molar refractivity (Wildman–Crippen MR) is 96.7 cm³/mol. The van der Waals surface area contributed by atoms with Gasteiger partial charge in [-0.05, 0) is 63.7 Å². The van der Waals surface area contributed by atoms with Crippen LogP contribution >= 0.6 is 0 Å². The van der Waals surface area contributed by atoms with Crippen molar-refractivity contribution in [2.24, 2.45) is 5.92 Å². The second-order valence-corrected chi connectivity index (χ2v) is 8.06. The number of rotatable bonds is 7. The van der Waals surface area contributed by atoms with Gasteiger partial charge < -0.3 is 14.8 Å². The minimum Gasteiger partial charge on any atom is -0.427 e. The zero-order valence-corrected chi connectivity index (χ0v) is 15.2. The zero-order chi connectivity index (χ0) is 16.9. The number of hydrogen-bond donors (Lipinski definition) is 3. The second-order valence-electron chi connectivity index (χ2n) is 8.06. The van der Waals surface area contributed by atoms with Gasteiger partial charge in [0.15, 0.2) is 0 Å². The van der Waals surface area contributed by atoms with Gasteiger partial charge in [-0.1, -0.05) is 19.3 Å². The molecule has 3 unspecified atom stereocenters. The molecule has 6 heteroatoms. The Morgan fingerprint density at radius 1 is 1.04 bits per heavy atom. The molecule has 3 N–H and O–H groups in total. The molecule has 0 spiro atoms. The molecule has 3 atom stereocenters.